The summed E-state index contributed by atoms with van der Waals surface area (Å²) >= 11 is 0. The van der Waals surface area contributed by atoms with E-state index in [2.05, 4.69) is 10.1 Å². The second-order valence-electron chi connectivity index (χ2n) is 6.52. The van der Waals surface area contributed by atoms with Gasteiger partial charge in [0.05, 0.1) is 7.11 Å². The van der Waals surface area contributed by atoms with Crippen LogP contribution in [0.15, 0.2) is 48.5 Å². The molecule has 1 heterocycles. The van der Waals surface area contributed by atoms with E-state index in [1.165, 1.54) is 18.2 Å². The number of nitrogens with zero attached hydrogens (tertiary/aromatic N) is 1. The minimum Gasteiger partial charge on any atom is -0.497 e. The minimum atomic E-state index is -4.78. The van der Waals surface area contributed by atoms with Crippen LogP contribution in [0, 0.1) is 0 Å². The van der Waals surface area contributed by atoms with Crippen LogP contribution in [-0.2, 0) is 6.54 Å². The highest BCUT2D eigenvalue weighted by Crippen LogP contribution is 2.29. The predicted molar refractivity (Wildman–Crippen MR) is 97.3 cm³/mol. The van der Waals surface area contributed by atoms with Crippen LogP contribution in [0.25, 0.3) is 0 Å². The number of methoxy groups -OCH3 is 1. The fourth-order valence-electron chi connectivity index (χ4n) is 3.25. The third kappa shape index (κ3) is 5.09. The number of likely N-dealkylation sites (tertiary alicyclic amines) is 1. The van der Waals surface area contributed by atoms with E-state index in [4.69, 9.17) is 4.74 Å². The highest BCUT2D eigenvalue weighted by Gasteiger charge is 2.32. The molecule has 0 aromatic heterocycles. The third-order valence-electron chi connectivity index (χ3n) is 4.69. The van der Waals surface area contributed by atoms with Crippen molar-refractivity contribution >= 4 is 6.03 Å². The maximum Gasteiger partial charge on any atom is 0.573 e. The predicted octanol–water partition coefficient (Wildman–Crippen LogP) is 4.29. The molecule has 0 saturated carbocycles. The first-order valence-corrected chi connectivity index (χ1v) is 8.86. The summed E-state index contributed by atoms with van der Waals surface area (Å²) in [7, 11) is 1.61. The zero-order chi connectivity index (χ0) is 20.1. The van der Waals surface area contributed by atoms with Gasteiger partial charge in [0.15, 0.2) is 0 Å². The van der Waals surface area contributed by atoms with Gasteiger partial charge in [0.1, 0.15) is 11.5 Å². The second-order valence-corrected chi connectivity index (χ2v) is 6.52. The number of hydrogen-bond acceptors (Lipinski definition) is 3. The lowest BCUT2D eigenvalue weighted by Gasteiger charge is -2.19. The smallest absolute Gasteiger partial charge is 0.497 e. The average molecular weight is 394 g/mol. The molecule has 0 aliphatic carbocycles. The molecule has 1 aliphatic rings. The number of ether oxygens (including phenoxy) is 2. The van der Waals surface area contributed by atoms with Gasteiger partial charge in [-0.2, -0.15) is 0 Å². The van der Waals surface area contributed by atoms with E-state index >= 15 is 0 Å². The topological polar surface area (TPSA) is 50.8 Å². The van der Waals surface area contributed by atoms with Crippen LogP contribution in [0.1, 0.15) is 23.5 Å². The Balaban J connectivity index is 1.56. The van der Waals surface area contributed by atoms with Gasteiger partial charge in [0, 0.05) is 31.1 Å². The van der Waals surface area contributed by atoms with Crippen molar-refractivity contribution < 1.29 is 27.4 Å². The highest BCUT2D eigenvalue weighted by molar-refractivity contribution is 5.74. The molecule has 0 bridgehead atoms. The number of urea groups is 1. The third-order valence-corrected chi connectivity index (χ3v) is 4.69. The molecule has 28 heavy (non-hydrogen) atoms. The van der Waals surface area contributed by atoms with Crippen LogP contribution in [0.3, 0.4) is 0 Å². The molecule has 3 rings (SSSR count). The van der Waals surface area contributed by atoms with Gasteiger partial charge in [-0.1, -0.05) is 30.3 Å². The van der Waals surface area contributed by atoms with Crippen LogP contribution < -0.4 is 14.8 Å². The second kappa shape index (κ2) is 8.41. The first-order valence-electron chi connectivity index (χ1n) is 8.86. The van der Waals surface area contributed by atoms with Crippen LogP contribution in [0.5, 0.6) is 11.5 Å². The van der Waals surface area contributed by atoms with Gasteiger partial charge in [-0.25, -0.2) is 4.79 Å². The molecule has 1 unspecified atom stereocenters. The normalized spacial score (nSPS) is 16.7. The number of rotatable bonds is 5. The van der Waals surface area contributed by atoms with Crippen molar-refractivity contribution in [1.29, 1.82) is 0 Å². The molecule has 150 valence electrons. The largest absolute Gasteiger partial charge is 0.573 e. The van der Waals surface area contributed by atoms with Crippen LogP contribution in [0.2, 0.25) is 0 Å². The number of para-hydroxylation sites is 1. The molecule has 0 spiro atoms. The van der Waals surface area contributed by atoms with Crippen molar-refractivity contribution in [3.8, 4) is 11.5 Å². The Bertz CT molecular complexity index is 809. The van der Waals surface area contributed by atoms with Gasteiger partial charge >= 0.3 is 12.4 Å². The number of nitrogens with one attached hydrogen (secondary N) is 1. The Kier molecular flexibility index (Phi) is 5.96. The fraction of sp³-hybridized carbons (Fsp3) is 0.350. The van der Waals surface area contributed by atoms with Crippen molar-refractivity contribution in [3.63, 3.8) is 0 Å². The number of carbonyl (C=O) groups is 1. The summed E-state index contributed by atoms with van der Waals surface area (Å²) in [6.07, 6.45) is -3.95. The molecule has 1 saturated heterocycles. The maximum atomic E-state index is 12.5. The fourth-order valence-corrected chi connectivity index (χ4v) is 3.25. The lowest BCUT2D eigenvalue weighted by molar-refractivity contribution is -0.274. The van der Waals surface area contributed by atoms with E-state index in [-0.39, 0.29) is 29.8 Å². The SMILES string of the molecule is COc1ccc(C2CCN(C(=O)NCc3ccccc3OC(F)(F)F)C2)cc1. The molecule has 1 N–H and O–H groups in total. The molecule has 1 aliphatic heterocycles. The number of carbonyl (C=O) groups excluding carboxylic acids is 1. The van der Waals surface area contributed by atoms with Gasteiger partial charge in [-0.3, -0.25) is 0 Å². The summed E-state index contributed by atoms with van der Waals surface area (Å²) < 4.78 is 46.6. The van der Waals surface area contributed by atoms with E-state index in [1.54, 1.807) is 18.1 Å². The van der Waals surface area contributed by atoms with E-state index in [0.29, 0.717) is 13.1 Å². The van der Waals surface area contributed by atoms with Gasteiger partial charge < -0.3 is 19.7 Å². The molecule has 1 fully saturated rings. The molecular weight excluding hydrogens is 373 g/mol. The lowest BCUT2D eigenvalue weighted by Crippen LogP contribution is -2.38. The number of amides is 2. The molecular formula is C20H21F3N2O3. The summed E-state index contributed by atoms with van der Waals surface area (Å²) in [6.45, 7) is 1.09. The summed E-state index contributed by atoms with van der Waals surface area (Å²) in [5, 5.41) is 2.68. The molecule has 8 heteroatoms. The standard InChI is InChI=1S/C20H21F3N2O3/c1-27-17-8-6-14(7-9-17)16-10-11-25(13-16)19(26)24-12-15-4-2-3-5-18(15)28-20(21,22)23/h2-9,16H,10-13H2,1H3,(H,24,26). The monoisotopic (exact) mass is 394 g/mol. The molecule has 2 aromatic carbocycles. The van der Waals surface area contributed by atoms with E-state index in [0.717, 1.165) is 17.7 Å². The summed E-state index contributed by atoms with van der Waals surface area (Å²) in [5.41, 5.74) is 1.39. The first kappa shape index (κ1) is 19.9. The number of alkyl halides is 3. The summed E-state index contributed by atoms with van der Waals surface area (Å²) in [5.74, 6) is 0.682. The van der Waals surface area contributed by atoms with E-state index in [1.807, 2.05) is 24.3 Å². The van der Waals surface area contributed by atoms with Gasteiger partial charge in [-0.05, 0) is 30.2 Å². The number of halogens is 3. The van der Waals surface area contributed by atoms with Crippen molar-refractivity contribution in [2.75, 3.05) is 20.2 Å². The van der Waals surface area contributed by atoms with Crippen molar-refractivity contribution in [3.05, 3.63) is 59.7 Å². The quantitative estimate of drug-likeness (QED) is 0.823. The molecule has 2 amide bonds. The Hall–Kier alpha value is -2.90. The maximum absolute atomic E-state index is 12.5. The molecule has 5 nitrogen and oxygen atoms in total. The Morgan fingerprint density at radius 2 is 1.89 bits per heavy atom. The number of hydrogen-bond donors (Lipinski definition) is 1. The molecule has 0 radical (unpaired) electrons. The Labute approximate surface area is 161 Å². The zero-order valence-corrected chi connectivity index (χ0v) is 15.3. The van der Waals surface area contributed by atoms with Gasteiger partial charge in [0.25, 0.3) is 0 Å². The summed E-state index contributed by atoms with van der Waals surface area (Å²) in [4.78, 5) is 14.1. The van der Waals surface area contributed by atoms with Crippen LogP contribution >= 0.6 is 0 Å². The molecule has 2 aromatic rings. The van der Waals surface area contributed by atoms with Crippen molar-refractivity contribution in [2.45, 2.75) is 25.2 Å². The van der Waals surface area contributed by atoms with Gasteiger partial charge in [0.2, 0.25) is 0 Å². The Morgan fingerprint density at radius 1 is 1.18 bits per heavy atom. The van der Waals surface area contributed by atoms with Crippen LogP contribution in [0.4, 0.5) is 18.0 Å². The van der Waals surface area contributed by atoms with Crippen LogP contribution in [-0.4, -0.2) is 37.5 Å². The van der Waals surface area contributed by atoms with Crippen molar-refractivity contribution in [2.24, 2.45) is 0 Å². The average Bonchev–Trinajstić information content (AvgIpc) is 3.16. The van der Waals surface area contributed by atoms with E-state index in [9.17, 15) is 18.0 Å². The minimum absolute atomic E-state index is 0.0468. The number of benzene rings is 2. The Morgan fingerprint density at radius 3 is 2.57 bits per heavy atom. The highest BCUT2D eigenvalue weighted by atomic mass is 19.4. The summed E-state index contributed by atoms with van der Waals surface area (Å²) in [6, 6.07) is 13.2. The first-order chi connectivity index (χ1) is 13.4. The lowest BCUT2D eigenvalue weighted by atomic mass is 9.98. The van der Waals surface area contributed by atoms with E-state index < -0.39 is 6.36 Å². The van der Waals surface area contributed by atoms with Crippen molar-refractivity contribution in [1.82, 2.24) is 10.2 Å². The van der Waals surface area contributed by atoms with Gasteiger partial charge in [-0.15, -0.1) is 13.2 Å². The molecule has 1 atom stereocenters. The zero-order valence-electron chi connectivity index (χ0n) is 15.3.